The molecule has 3 rings (SSSR count). The highest BCUT2D eigenvalue weighted by Gasteiger charge is 2.39. The maximum atomic E-state index is 12.1. The fourth-order valence-corrected chi connectivity index (χ4v) is 3.54. The van der Waals surface area contributed by atoms with Crippen LogP contribution in [-0.2, 0) is 19.1 Å². The average Bonchev–Trinajstić information content (AvgIpc) is 3.29. The number of carbonyl (C=O) groups is 4. The fraction of sp³-hybridized carbons (Fsp3) is 0.474. The van der Waals surface area contributed by atoms with Crippen LogP contribution in [0.2, 0.25) is 0 Å². The molecule has 1 aromatic carbocycles. The summed E-state index contributed by atoms with van der Waals surface area (Å²) in [6.45, 7) is -0.182. The summed E-state index contributed by atoms with van der Waals surface area (Å²) < 4.78 is 5.00. The highest BCUT2D eigenvalue weighted by molar-refractivity contribution is 6.05. The summed E-state index contributed by atoms with van der Waals surface area (Å²) in [4.78, 5) is 49.7. The van der Waals surface area contributed by atoms with Crippen LogP contribution < -0.4 is 5.32 Å². The molecule has 1 atom stereocenters. The number of hydrogen-bond donors (Lipinski definition) is 1. The van der Waals surface area contributed by atoms with Crippen LogP contribution in [0.1, 0.15) is 42.5 Å². The van der Waals surface area contributed by atoms with Gasteiger partial charge in [-0.05, 0) is 25.0 Å². The van der Waals surface area contributed by atoms with Crippen molar-refractivity contribution < 1.29 is 23.9 Å². The number of likely N-dealkylation sites (tertiary alicyclic amines) is 1. The maximum absolute atomic E-state index is 12.1. The van der Waals surface area contributed by atoms with Crippen LogP contribution in [0.3, 0.4) is 0 Å². The van der Waals surface area contributed by atoms with E-state index in [4.69, 9.17) is 4.74 Å². The number of amides is 3. The summed E-state index contributed by atoms with van der Waals surface area (Å²) in [6.07, 6.45) is 4.31. The van der Waals surface area contributed by atoms with Gasteiger partial charge in [-0.2, -0.15) is 0 Å². The van der Waals surface area contributed by atoms with Crippen LogP contribution in [-0.4, -0.2) is 47.8 Å². The van der Waals surface area contributed by atoms with Crippen LogP contribution in [0.4, 0.5) is 0 Å². The minimum atomic E-state index is -0.691. The number of carbonyl (C=O) groups excluding carboxylic acids is 4. The molecule has 1 N–H and O–H groups in total. The van der Waals surface area contributed by atoms with Crippen molar-refractivity contribution in [1.82, 2.24) is 10.2 Å². The molecule has 0 radical (unpaired) electrons. The largest absolute Gasteiger partial charge is 0.455 e. The first kappa shape index (κ1) is 18.1. The second-order valence-electron chi connectivity index (χ2n) is 6.74. The minimum absolute atomic E-state index is 0.0254. The van der Waals surface area contributed by atoms with Gasteiger partial charge in [0.2, 0.25) is 5.91 Å². The number of imide groups is 1. The van der Waals surface area contributed by atoms with E-state index in [1.165, 1.54) is 0 Å². The third-order valence-corrected chi connectivity index (χ3v) is 4.89. The van der Waals surface area contributed by atoms with Gasteiger partial charge in [0.25, 0.3) is 11.8 Å². The lowest BCUT2D eigenvalue weighted by Crippen LogP contribution is -2.36. The smallest absolute Gasteiger partial charge is 0.311 e. The zero-order chi connectivity index (χ0) is 18.5. The van der Waals surface area contributed by atoms with Crippen molar-refractivity contribution >= 4 is 23.7 Å². The number of nitrogens with one attached hydrogen (secondary N) is 1. The van der Waals surface area contributed by atoms with Gasteiger partial charge in [0.05, 0.1) is 5.92 Å². The molecule has 7 heteroatoms. The number of benzene rings is 1. The van der Waals surface area contributed by atoms with Crippen molar-refractivity contribution in [3.8, 4) is 0 Å². The molecule has 0 bridgehead atoms. The lowest BCUT2D eigenvalue weighted by Gasteiger charge is -2.23. The molecule has 7 nitrogen and oxygen atoms in total. The molecule has 1 aromatic rings. The van der Waals surface area contributed by atoms with Crippen LogP contribution in [0.5, 0.6) is 0 Å². The quantitative estimate of drug-likeness (QED) is 0.801. The second-order valence-corrected chi connectivity index (χ2v) is 6.74. The van der Waals surface area contributed by atoms with E-state index in [1.54, 1.807) is 35.2 Å². The van der Waals surface area contributed by atoms with Crippen LogP contribution in [0.25, 0.3) is 0 Å². The first-order valence-electron chi connectivity index (χ1n) is 8.90. The number of ether oxygens (including phenoxy) is 1. The van der Waals surface area contributed by atoms with E-state index in [-0.39, 0.29) is 18.4 Å². The van der Waals surface area contributed by atoms with E-state index in [1.807, 2.05) is 0 Å². The monoisotopic (exact) mass is 358 g/mol. The molecule has 2 fully saturated rings. The van der Waals surface area contributed by atoms with Crippen molar-refractivity contribution in [1.29, 1.82) is 0 Å². The molecule has 0 spiro atoms. The van der Waals surface area contributed by atoms with Crippen molar-refractivity contribution in [3.05, 3.63) is 35.9 Å². The Kier molecular flexibility index (Phi) is 5.65. The molecular weight excluding hydrogens is 336 g/mol. The van der Waals surface area contributed by atoms with Gasteiger partial charge in [0.15, 0.2) is 6.61 Å². The Hall–Kier alpha value is -2.70. The summed E-state index contributed by atoms with van der Waals surface area (Å²) in [5, 5.41) is 2.17. The van der Waals surface area contributed by atoms with Gasteiger partial charge < -0.3 is 9.64 Å². The Labute approximate surface area is 151 Å². The lowest BCUT2D eigenvalue weighted by molar-refractivity contribution is -0.152. The fourth-order valence-electron chi connectivity index (χ4n) is 3.54. The second kappa shape index (κ2) is 8.12. The first-order chi connectivity index (χ1) is 12.5. The Balaban J connectivity index is 1.44. The third-order valence-electron chi connectivity index (χ3n) is 4.89. The Morgan fingerprint density at radius 2 is 1.81 bits per heavy atom. The van der Waals surface area contributed by atoms with E-state index in [0.717, 1.165) is 25.7 Å². The van der Waals surface area contributed by atoms with Crippen LogP contribution in [0.15, 0.2) is 30.3 Å². The van der Waals surface area contributed by atoms with E-state index in [9.17, 15) is 19.2 Å². The number of hydrogen-bond acceptors (Lipinski definition) is 5. The molecule has 1 aliphatic heterocycles. The summed E-state index contributed by atoms with van der Waals surface area (Å²) >= 11 is 0. The molecule has 1 saturated carbocycles. The summed E-state index contributed by atoms with van der Waals surface area (Å²) in [5.74, 6) is -2.37. The number of rotatable bonds is 5. The van der Waals surface area contributed by atoms with Gasteiger partial charge in [-0.3, -0.25) is 24.5 Å². The van der Waals surface area contributed by atoms with Crippen molar-refractivity contribution in [3.63, 3.8) is 0 Å². The minimum Gasteiger partial charge on any atom is -0.455 e. The van der Waals surface area contributed by atoms with Gasteiger partial charge in [0.1, 0.15) is 0 Å². The summed E-state index contributed by atoms with van der Waals surface area (Å²) in [6, 6.07) is 8.52. The first-order valence-corrected chi connectivity index (χ1v) is 8.90. The Bertz CT molecular complexity index is 697. The maximum Gasteiger partial charge on any atom is 0.311 e. The van der Waals surface area contributed by atoms with Gasteiger partial charge in [-0.25, -0.2) is 0 Å². The predicted molar refractivity (Wildman–Crippen MR) is 92.0 cm³/mol. The average molecular weight is 358 g/mol. The highest BCUT2D eigenvalue weighted by atomic mass is 16.5. The van der Waals surface area contributed by atoms with E-state index >= 15 is 0 Å². The van der Waals surface area contributed by atoms with Crippen molar-refractivity contribution in [2.75, 3.05) is 13.2 Å². The molecule has 1 aliphatic carbocycles. The third kappa shape index (κ3) is 4.28. The lowest BCUT2D eigenvalue weighted by atomic mass is 10.1. The van der Waals surface area contributed by atoms with Gasteiger partial charge in [-0.15, -0.1) is 0 Å². The SMILES string of the molecule is O=C(COC(=O)[C@@H]1CC(=O)N(C2CCCC2)C1)NC(=O)c1ccccc1. The highest BCUT2D eigenvalue weighted by Crippen LogP contribution is 2.29. The van der Waals surface area contributed by atoms with E-state index in [0.29, 0.717) is 12.1 Å². The predicted octanol–water partition coefficient (Wildman–Crippen LogP) is 1.28. The van der Waals surface area contributed by atoms with Gasteiger partial charge in [-0.1, -0.05) is 31.0 Å². The number of esters is 1. The summed E-state index contributed by atoms with van der Waals surface area (Å²) in [7, 11) is 0. The molecule has 138 valence electrons. The molecule has 26 heavy (non-hydrogen) atoms. The topological polar surface area (TPSA) is 92.8 Å². The van der Waals surface area contributed by atoms with Crippen molar-refractivity contribution in [2.45, 2.75) is 38.1 Å². The standard InChI is InChI=1S/C19H22N2O5/c22-16(20-18(24)13-6-2-1-3-7-13)12-26-19(25)14-10-17(23)21(11-14)15-8-4-5-9-15/h1-3,6-7,14-15H,4-5,8-12H2,(H,20,22,24)/t14-/m1/s1. The Morgan fingerprint density at radius 3 is 2.50 bits per heavy atom. The molecule has 1 heterocycles. The molecule has 0 aromatic heterocycles. The van der Waals surface area contributed by atoms with E-state index < -0.39 is 30.3 Å². The van der Waals surface area contributed by atoms with Crippen LogP contribution >= 0.6 is 0 Å². The molecular formula is C19H22N2O5. The summed E-state index contributed by atoms with van der Waals surface area (Å²) in [5.41, 5.74) is 0.348. The van der Waals surface area contributed by atoms with Gasteiger partial charge >= 0.3 is 5.97 Å². The molecule has 1 saturated heterocycles. The van der Waals surface area contributed by atoms with Crippen LogP contribution in [0, 0.1) is 5.92 Å². The molecule has 2 aliphatic rings. The normalized spacial score (nSPS) is 20.2. The van der Waals surface area contributed by atoms with Gasteiger partial charge in [0, 0.05) is 24.6 Å². The zero-order valence-corrected chi connectivity index (χ0v) is 14.5. The Morgan fingerprint density at radius 1 is 1.12 bits per heavy atom. The molecule has 0 unspecified atom stereocenters. The zero-order valence-electron chi connectivity index (χ0n) is 14.5. The van der Waals surface area contributed by atoms with E-state index in [2.05, 4.69) is 5.32 Å². The molecule has 3 amide bonds. The number of nitrogens with zero attached hydrogens (tertiary/aromatic N) is 1. The van der Waals surface area contributed by atoms with Crippen molar-refractivity contribution in [2.24, 2.45) is 5.92 Å².